The molecule has 3 heterocycles. The maximum Gasteiger partial charge on any atom is 0.281 e. The van der Waals surface area contributed by atoms with Crippen LogP contribution in [-0.2, 0) is 6.54 Å². The van der Waals surface area contributed by atoms with E-state index in [1.165, 1.54) is 0 Å². The van der Waals surface area contributed by atoms with Crippen molar-refractivity contribution in [1.82, 2.24) is 10.1 Å². The fraction of sp³-hybridized carbons (Fsp3) is 0.136. The number of aromatic nitrogens is 2. The van der Waals surface area contributed by atoms with Crippen LogP contribution >= 0.6 is 11.3 Å². The lowest BCUT2D eigenvalue weighted by atomic mass is 10.1. The summed E-state index contributed by atoms with van der Waals surface area (Å²) >= 11 is 1.58. The summed E-state index contributed by atoms with van der Waals surface area (Å²) < 4.78 is 16.1. The molecule has 30 heavy (non-hydrogen) atoms. The second-order valence-electron chi connectivity index (χ2n) is 6.30. The van der Waals surface area contributed by atoms with Crippen LogP contribution in [0.25, 0.3) is 11.3 Å². The van der Waals surface area contributed by atoms with Gasteiger partial charge in [0.05, 0.1) is 20.8 Å². The molecule has 0 bridgehead atoms. The highest BCUT2D eigenvalue weighted by molar-refractivity contribution is 7.09. The minimum Gasteiger partial charge on any atom is -0.493 e. The molecule has 4 aromatic rings. The third-order valence-corrected chi connectivity index (χ3v) is 5.32. The van der Waals surface area contributed by atoms with Crippen molar-refractivity contribution in [3.8, 4) is 22.8 Å². The van der Waals surface area contributed by atoms with E-state index in [1.807, 2.05) is 35.7 Å². The predicted octanol–water partition coefficient (Wildman–Crippen LogP) is 4.66. The second kappa shape index (κ2) is 8.79. The Labute approximate surface area is 177 Å². The predicted molar refractivity (Wildman–Crippen MR) is 114 cm³/mol. The molecule has 0 fully saturated rings. The first-order chi connectivity index (χ1) is 14.7. The topological polar surface area (TPSA) is 77.7 Å². The smallest absolute Gasteiger partial charge is 0.281 e. The van der Waals surface area contributed by atoms with Gasteiger partial charge in [-0.15, -0.1) is 11.3 Å². The molecule has 0 N–H and O–H groups in total. The molecular weight excluding hydrogens is 402 g/mol. The first kappa shape index (κ1) is 19.7. The Morgan fingerprint density at radius 1 is 1.07 bits per heavy atom. The van der Waals surface area contributed by atoms with Crippen molar-refractivity contribution in [1.29, 1.82) is 0 Å². The van der Waals surface area contributed by atoms with Crippen LogP contribution in [0.15, 0.2) is 70.7 Å². The number of ether oxygens (including phenoxy) is 2. The highest BCUT2D eigenvalue weighted by Gasteiger charge is 2.23. The maximum absolute atomic E-state index is 13.3. The molecule has 0 saturated carbocycles. The fourth-order valence-corrected chi connectivity index (χ4v) is 3.66. The number of methoxy groups -OCH3 is 2. The highest BCUT2D eigenvalue weighted by Crippen LogP contribution is 2.33. The standard InChI is InChI=1S/C22H19N3O4S/c1-27-18-9-8-15(12-20(18)28-2)19-13-17(24-29-19)22(26)25(14-16-6-5-11-30-16)21-7-3-4-10-23-21/h3-13H,14H2,1-2H3. The molecule has 1 aromatic carbocycles. The summed E-state index contributed by atoms with van der Waals surface area (Å²) in [5, 5.41) is 5.98. The zero-order valence-corrected chi connectivity index (χ0v) is 17.3. The van der Waals surface area contributed by atoms with Crippen LogP contribution in [0.1, 0.15) is 15.4 Å². The lowest BCUT2D eigenvalue weighted by Crippen LogP contribution is -2.31. The quantitative estimate of drug-likeness (QED) is 0.432. The number of amides is 1. The van der Waals surface area contributed by atoms with Gasteiger partial charge in [-0.05, 0) is 41.8 Å². The minimum atomic E-state index is -0.294. The molecule has 1 amide bonds. The molecular formula is C22H19N3O4S. The SMILES string of the molecule is COc1ccc(-c2cc(C(=O)N(Cc3cccs3)c3ccccn3)no2)cc1OC. The molecule has 3 aromatic heterocycles. The van der Waals surface area contributed by atoms with Crippen molar-refractivity contribution in [3.63, 3.8) is 0 Å². The summed E-state index contributed by atoms with van der Waals surface area (Å²) in [5.41, 5.74) is 0.920. The first-order valence-corrected chi connectivity index (χ1v) is 10.0. The minimum absolute atomic E-state index is 0.196. The number of nitrogens with zero attached hydrogens (tertiary/aromatic N) is 3. The first-order valence-electron chi connectivity index (χ1n) is 9.14. The number of carbonyl (C=O) groups excluding carboxylic acids is 1. The number of hydrogen-bond donors (Lipinski definition) is 0. The van der Waals surface area contributed by atoms with Crippen LogP contribution in [0.5, 0.6) is 11.5 Å². The highest BCUT2D eigenvalue weighted by atomic mass is 32.1. The van der Waals surface area contributed by atoms with Gasteiger partial charge in [-0.1, -0.05) is 17.3 Å². The van der Waals surface area contributed by atoms with Crippen molar-refractivity contribution in [2.75, 3.05) is 19.1 Å². The van der Waals surface area contributed by atoms with Gasteiger partial charge in [0.2, 0.25) is 0 Å². The maximum atomic E-state index is 13.3. The Morgan fingerprint density at radius 3 is 2.63 bits per heavy atom. The molecule has 0 unspecified atom stereocenters. The van der Waals surface area contributed by atoms with Crippen molar-refractivity contribution in [2.45, 2.75) is 6.54 Å². The van der Waals surface area contributed by atoms with Gasteiger partial charge in [0.1, 0.15) is 5.82 Å². The van der Waals surface area contributed by atoms with E-state index in [2.05, 4.69) is 10.1 Å². The Bertz CT molecular complexity index is 1130. The van der Waals surface area contributed by atoms with E-state index in [-0.39, 0.29) is 11.6 Å². The average Bonchev–Trinajstić information content (AvgIpc) is 3.49. The Morgan fingerprint density at radius 2 is 1.93 bits per heavy atom. The van der Waals surface area contributed by atoms with Crippen LogP contribution in [0, 0.1) is 0 Å². The van der Waals surface area contributed by atoms with E-state index in [0.717, 1.165) is 10.4 Å². The summed E-state index contributed by atoms with van der Waals surface area (Å²) in [5.74, 6) is 1.88. The third kappa shape index (κ3) is 4.04. The summed E-state index contributed by atoms with van der Waals surface area (Å²) in [6, 6.07) is 16.4. The molecule has 0 saturated heterocycles. The van der Waals surface area contributed by atoms with Gasteiger partial charge in [-0.3, -0.25) is 9.69 Å². The van der Waals surface area contributed by atoms with Crippen molar-refractivity contribution in [3.05, 3.63) is 76.7 Å². The van der Waals surface area contributed by atoms with Crippen LogP contribution in [0.2, 0.25) is 0 Å². The molecule has 4 rings (SSSR count). The van der Waals surface area contributed by atoms with Gasteiger partial charge in [0, 0.05) is 22.7 Å². The number of benzene rings is 1. The monoisotopic (exact) mass is 421 g/mol. The Balaban J connectivity index is 1.64. The summed E-state index contributed by atoms with van der Waals surface area (Å²) in [6.07, 6.45) is 1.65. The lowest BCUT2D eigenvalue weighted by molar-refractivity contribution is 0.0976. The fourth-order valence-electron chi connectivity index (χ4n) is 2.97. The lowest BCUT2D eigenvalue weighted by Gasteiger charge is -2.19. The van der Waals surface area contributed by atoms with Crippen molar-refractivity contribution in [2.24, 2.45) is 0 Å². The summed E-state index contributed by atoms with van der Waals surface area (Å²) in [7, 11) is 3.13. The van der Waals surface area contributed by atoms with Gasteiger partial charge in [-0.2, -0.15) is 0 Å². The zero-order valence-electron chi connectivity index (χ0n) is 16.4. The molecule has 0 aliphatic rings. The Hall–Kier alpha value is -3.65. The molecule has 152 valence electrons. The summed E-state index contributed by atoms with van der Waals surface area (Å²) in [6.45, 7) is 0.395. The summed E-state index contributed by atoms with van der Waals surface area (Å²) in [4.78, 5) is 20.2. The van der Waals surface area contributed by atoms with Crippen molar-refractivity contribution < 1.29 is 18.8 Å². The molecule has 0 aliphatic carbocycles. The molecule has 0 atom stereocenters. The van der Waals surface area contributed by atoms with Gasteiger partial charge in [0.15, 0.2) is 23.0 Å². The third-order valence-electron chi connectivity index (χ3n) is 4.46. The zero-order chi connectivity index (χ0) is 20.9. The molecule has 8 heteroatoms. The molecule has 0 spiro atoms. The van der Waals surface area contributed by atoms with Gasteiger partial charge < -0.3 is 14.0 Å². The van der Waals surface area contributed by atoms with E-state index >= 15 is 0 Å². The number of rotatable bonds is 7. The van der Waals surface area contributed by atoms with Gasteiger partial charge >= 0.3 is 0 Å². The van der Waals surface area contributed by atoms with Gasteiger partial charge in [-0.25, -0.2) is 4.98 Å². The van der Waals surface area contributed by atoms with E-state index in [9.17, 15) is 4.79 Å². The van der Waals surface area contributed by atoms with Crippen LogP contribution < -0.4 is 14.4 Å². The number of pyridine rings is 1. The van der Waals surface area contributed by atoms with Gasteiger partial charge in [0.25, 0.3) is 5.91 Å². The number of hydrogen-bond acceptors (Lipinski definition) is 7. The Kier molecular flexibility index (Phi) is 5.76. The van der Waals surface area contributed by atoms with E-state index in [0.29, 0.717) is 29.6 Å². The number of carbonyl (C=O) groups is 1. The molecule has 0 aliphatic heterocycles. The van der Waals surface area contributed by atoms with Crippen LogP contribution in [0.3, 0.4) is 0 Å². The van der Waals surface area contributed by atoms with Crippen molar-refractivity contribution >= 4 is 23.1 Å². The number of thiophene rings is 1. The van der Waals surface area contributed by atoms with E-state index in [4.69, 9.17) is 14.0 Å². The van der Waals surface area contributed by atoms with E-state index < -0.39 is 0 Å². The molecule has 0 radical (unpaired) electrons. The second-order valence-corrected chi connectivity index (χ2v) is 7.34. The van der Waals surface area contributed by atoms with Crippen LogP contribution in [0.4, 0.5) is 5.82 Å². The van der Waals surface area contributed by atoms with Crippen LogP contribution in [-0.4, -0.2) is 30.3 Å². The molecule has 7 nitrogen and oxygen atoms in total. The van der Waals surface area contributed by atoms with E-state index in [1.54, 1.807) is 60.9 Å². The largest absolute Gasteiger partial charge is 0.493 e. The average molecular weight is 421 g/mol. The number of anilines is 1. The normalized spacial score (nSPS) is 10.6.